The van der Waals surface area contributed by atoms with Crippen molar-refractivity contribution in [2.75, 3.05) is 6.54 Å². The number of fused-ring (bicyclic) bond motifs is 1. The fourth-order valence-electron chi connectivity index (χ4n) is 3.40. The minimum atomic E-state index is -0.327. The van der Waals surface area contributed by atoms with E-state index < -0.39 is 0 Å². The van der Waals surface area contributed by atoms with Crippen LogP contribution in [-0.2, 0) is 17.8 Å². The second-order valence-corrected chi connectivity index (χ2v) is 7.02. The first kappa shape index (κ1) is 15.3. The van der Waals surface area contributed by atoms with Crippen LogP contribution in [0.2, 0.25) is 0 Å². The van der Waals surface area contributed by atoms with Crippen LogP contribution in [0.25, 0.3) is 0 Å². The predicted molar refractivity (Wildman–Crippen MR) is 87.1 cm³/mol. The number of hydrogen-bond acceptors (Lipinski definition) is 5. The van der Waals surface area contributed by atoms with Gasteiger partial charge in [0.05, 0.1) is 5.92 Å². The van der Waals surface area contributed by atoms with Crippen molar-refractivity contribution in [3.63, 3.8) is 0 Å². The van der Waals surface area contributed by atoms with Gasteiger partial charge in [-0.2, -0.15) is 10.2 Å². The summed E-state index contributed by atoms with van der Waals surface area (Å²) in [4.78, 5) is 12.5. The molecule has 0 saturated heterocycles. The summed E-state index contributed by atoms with van der Waals surface area (Å²) in [6.07, 6.45) is 11.5. The van der Waals surface area contributed by atoms with E-state index in [1.54, 1.807) is 0 Å². The number of carbonyl (C=O) groups is 1. The smallest absolute Gasteiger partial charge is 0.224 e. The minimum absolute atomic E-state index is 0.000684. The maximum absolute atomic E-state index is 12.5. The van der Waals surface area contributed by atoms with Crippen molar-refractivity contribution in [2.45, 2.75) is 63.1 Å². The highest BCUT2D eigenvalue weighted by atomic mass is 16.1. The number of terminal acetylenes is 1. The summed E-state index contributed by atoms with van der Waals surface area (Å²) < 4.78 is 2.17. The Balaban J connectivity index is 1.28. The summed E-state index contributed by atoms with van der Waals surface area (Å²) in [5.41, 5.74) is -0.327. The molecular weight excluding hydrogens is 304 g/mol. The average Bonchev–Trinajstić information content (AvgIpc) is 3.52. The fraction of sp³-hybridized carbons (Fsp3) is 0.706. The highest BCUT2D eigenvalue weighted by Gasteiger charge is 2.39. The van der Waals surface area contributed by atoms with Crippen molar-refractivity contribution in [3.05, 3.63) is 11.6 Å². The van der Waals surface area contributed by atoms with Gasteiger partial charge in [0, 0.05) is 44.7 Å². The molecule has 3 aliphatic rings. The van der Waals surface area contributed by atoms with Gasteiger partial charge in [0.15, 0.2) is 5.66 Å². The lowest BCUT2D eigenvalue weighted by Crippen LogP contribution is -2.38. The molecule has 0 radical (unpaired) electrons. The normalized spacial score (nSPS) is 23.4. The van der Waals surface area contributed by atoms with Crippen LogP contribution >= 0.6 is 0 Å². The van der Waals surface area contributed by atoms with E-state index >= 15 is 0 Å². The molecule has 7 heteroatoms. The lowest BCUT2D eigenvalue weighted by atomic mass is 9.97. The highest BCUT2D eigenvalue weighted by molar-refractivity contribution is 5.78. The number of hydrogen-bond donors (Lipinski definition) is 1. The lowest BCUT2D eigenvalue weighted by Gasteiger charge is -2.24. The van der Waals surface area contributed by atoms with Gasteiger partial charge in [0.25, 0.3) is 0 Å². The first-order chi connectivity index (χ1) is 11.7. The predicted octanol–water partition coefficient (Wildman–Crippen LogP) is 1.80. The zero-order chi connectivity index (χ0) is 16.6. The number of rotatable bonds is 7. The SMILES string of the molecule is C#CCCC1(CCNC(=O)C2CCc3nnc(C4CC4)n3C2)N=N1. The van der Waals surface area contributed by atoms with E-state index in [-0.39, 0.29) is 17.5 Å². The Kier molecular flexibility index (Phi) is 3.83. The van der Waals surface area contributed by atoms with Crippen molar-refractivity contribution in [3.8, 4) is 12.3 Å². The van der Waals surface area contributed by atoms with Gasteiger partial charge in [-0.1, -0.05) is 0 Å². The van der Waals surface area contributed by atoms with Gasteiger partial charge in [-0.15, -0.1) is 22.5 Å². The van der Waals surface area contributed by atoms with Crippen LogP contribution in [0.3, 0.4) is 0 Å². The van der Waals surface area contributed by atoms with Crippen LogP contribution in [-0.4, -0.2) is 32.9 Å². The standard InChI is InChI=1S/C17H22N6O/c1-2-3-8-17(21-22-17)9-10-18-16(24)13-6-7-14-19-20-15(12-4-5-12)23(14)11-13/h1,12-13H,3-11H2,(H,18,24). The molecule has 24 heavy (non-hydrogen) atoms. The Bertz CT molecular complexity index is 705. The largest absolute Gasteiger partial charge is 0.356 e. The third-order valence-corrected chi connectivity index (χ3v) is 5.17. The Hall–Kier alpha value is -2.23. The summed E-state index contributed by atoms with van der Waals surface area (Å²) in [5.74, 6) is 5.40. The summed E-state index contributed by atoms with van der Waals surface area (Å²) in [7, 11) is 0. The number of carbonyl (C=O) groups excluding carboxylic acids is 1. The van der Waals surface area contributed by atoms with Crippen molar-refractivity contribution < 1.29 is 4.79 Å². The summed E-state index contributed by atoms with van der Waals surface area (Å²) >= 11 is 0. The molecule has 2 aliphatic heterocycles. The Morgan fingerprint density at radius 2 is 2.12 bits per heavy atom. The van der Waals surface area contributed by atoms with Gasteiger partial charge in [-0.25, -0.2) is 0 Å². The van der Waals surface area contributed by atoms with E-state index in [9.17, 15) is 4.79 Å². The highest BCUT2D eigenvalue weighted by Crippen LogP contribution is 2.40. The molecule has 126 valence electrons. The van der Waals surface area contributed by atoms with E-state index in [0.29, 0.717) is 25.4 Å². The average molecular weight is 326 g/mol. The first-order valence-corrected chi connectivity index (χ1v) is 8.78. The molecule has 1 amide bonds. The van der Waals surface area contributed by atoms with E-state index in [1.165, 1.54) is 12.8 Å². The van der Waals surface area contributed by atoms with E-state index in [1.807, 2.05) is 0 Å². The number of nitrogens with one attached hydrogen (secondary N) is 1. The molecule has 1 aromatic heterocycles. The van der Waals surface area contributed by atoms with Crippen molar-refractivity contribution in [1.82, 2.24) is 20.1 Å². The zero-order valence-electron chi connectivity index (χ0n) is 13.7. The number of nitrogens with zero attached hydrogens (tertiary/aromatic N) is 5. The topological polar surface area (TPSA) is 84.5 Å². The van der Waals surface area contributed by atoms with Gasteiger partial charge in [-0.3, -0.25) is 4.79 Å². The fourth-order valence-corrected chi connectivity index (χ4v) is 3.40. The van der Waals surface area contributed by atoms with Gasteiger partial charge in [0.1, 0.15) is 11.6 Å². The third kappa shape index (κ3) is 3.05. The molecule has 3 heterocycles. The first-order valence-electron chi connectivity index (χ1n) is 8.78. The van der Waals surface area contributed by atoms with Crippen LogP contribution in [0.1, 0.15) is 56.1 Å². The third-order valence-electron chi connectivity index (χ3n) is 5.17. The minimum Gasteiger partial charge on any atom is -0.356 e. The molecule has 7 nitrogen and oxygen atoms in total. The summed E-state index contributed by atoms with van der Waals surface area (Å²) in [6.45, 7) is 1.30. The van der Waals surface area contributed by atoms with Crippen LogP contribution in [0, 0.1) is 18.3 Å². The van der Waals surface area contributed by atoms with Crippen LogP contribution in [0.15, 0.2) is 10.2 Å². The molecule has 1 aliphatic carbocycles. The molecule has 1 unspecified atom stereocenters. The second kappa shape index (κ2) is 6.00. The molecule has 1 N–H and O–H groups in total. The monoisotopic (exact) mass is 326 g/mol. The Morgan fingerprint density at radius 3 is 2.83 bits per heavy atom. The van der Waals surface area contributed by atoms with Gasteiger partial charge < -0.3 is 9.88 Å². The van der Waals surface area contributed by atoms with Crippen molar-refractivity contribution in [1.29, 1.82) is 0 Å². The maximum Gasteiger partial charge on any atom is 0.224 e. The molecule has 0 aromatic carbocycles. The van der Waals surface area contributed by atoms with Gasteiger partial charge in [0.2, 0.25) is 5.91 Å². The molecule has 1 saturated carbocycles. The number of aromatic nitrogens is 3. The Morgan fingerprint density at radius 1 is 1.29 bits per heavy atom. The molecule has 1 fully saturated rings. The van der Waals surface area contributed by atoms with Crippen LogP contribution in [0.4, 0.5) is 0 Å². The number of amides is 1. The van der Waals surface area contributed by atoms with E-state index in [4.69, 9.17) is 6.42 Å². The van der Waals surface area contributed by atoms with Crippen LogP contribution in [0.5, 0.6) is 0 Å². The summed E-state index contributed by atoms with van der Waals surface area (Å²) in [6, 6.07) is 0. The maximum atomic E-state index is 12.5. The van der Waals surface area contributed by atoms with E-state index in [2.05, 4.69) is 36.2 Å². The van der Waals surface area contributed by atoms with Crippen molar-refractivity contribution >= 4 is 5.91 Å². The van der Waals surface area contributed by atoms with Gasteiger partial charge >= 0.3 is 0 Å². The quantitative estimate of drug-likeness (QED) is 0.775. The molecule has 0 bridgehead atoms. The summed E-state index contributed by atoms with van der Waals surface area (Å²) in [5, 5.41) is 19.9. The molecular formula is C17H22N6O. The Labute approximate surface area is 141 Å². The van der Waals surface area contributed by atoms with Crippen molar-refractivity contribution in [2.24, 2.45) is 16.1 Å². The second-order valence-electron chi connectivity index (χ2n) is 7.02. The molecule has 1 aromatic rings. The lowest BCUT2D eigenvalue weighted by molar-refractivity contribution is -0.126. The molecule has 1 atom stereocenters. The van der Waals surface area contributed by atoms with Gasteiger partial charge in [-0.05, 0) is 19.3 Å². The number of aryl methyl sites for hydroxylation is 1. The zero-order valence-corrected chi connectivity index (χ0v) is 13.7. The molecule has 0 spiro atoms. The van der Waals surface area contributed by atoms with E-state index in [0.717, 1.165) is 37.3 Å². The van der Waals surface area contributed by atoms with Crippen LogP contribution < -0.4 is 5.32 Å². The molecule has 4 rings (SSSR count).